The number of rotatable bonds is 6. The smallest absolute Gasteiger partial charge is 0.334 e. The molecule has 1 aliphatic heterocycles. The number of amides is 4. The molecule has 2 aromatic rings. The zero-order valence-electron chi connectivity index (χ0n) is 19.6. The molecular weight excluding hydrogens is 432 g/mol. The van der Waals surface area contributed by atoms with Crippen LogP contribution in [0.15, 0.2) is 60.7 Å². The van der Waals surface area contributed by atoms with Crippen LogP contribution >= 0.6 is 0 Å². The van der Waals surface area contributed by atoms with E-state index in [9.17, 15) is 24.6 Å². The summed E-state index contributed by atoms with van der Waals surface area (Å²) >= 11 is 0. The predicted molar refractivity (Wildman–Crippen MR) is 126 cm³/mol. The summed E-state index contributed by atoms with van der Waals surface area (Å²) in [5.41, 5.74) is 1.20. The van der Waals surface area contributed by atoms with Gasteiger partial charge < -0.3 is 10.2 Å². The highest BCUT2D eigenvalue weighted by atomic mass is 16.3. The van der Waals surface area contributed by atoms with Crippen LogP contribution in [0.2, 0.25) is 0 Å². The second kappa shape index (κ2) is 10.1. The Kier molecular flexibility index (Phi) is 7.14. The van der Waals surface area contributed by atoms with Crippen molar-refractivity contribution in [2.45, 2.75) is 63.8 Å². The minimum atomic E-state index is -1.06. The highest BCUT2D eigenvalue weighted by Gasteiger charge is 2.53. The number of imide groups is 2. The van der Waals surface area contributed by atoms with Crippen molar-refractivity contribution in [3.05, 3.63) is 71.8 Å². The van der Waals surface area contributed by atoms with Gasteiger partial charge in [0.25, 0.3) is 0 Å². The molecular formula is C27H32N2O5. The molecule has 1 aliphatic carbocycles. The number of benzene rings is 2. The molecule has 180 valence electrons. The summed E-state index contributed by atoms with van der Waals surface area (Å²) in [5, 5.41) is 21.6. The van der Waals surface area contributed by atoms with Crippen molar-refractivity contribution < 1.29 is 24.6 Å². The zero-order chi connectivity index (χ0) is 24.4. The van der Waals surface area contributed by atoms with Gasteiger partial charge in [-0.3, -0.25) is 19.4 Å². The van der Waals surface area contributed by atoms with Crippen LogP contribution in [0, 0.1) is 11.8 Å². The Hall–Kier alpha value is -3.03. The lowest BCUT2D eigenvalue weighted by Gasteiger charge is -2.32. The van der Waals surface area contributed by atoms with E-state index in [2.05, 4.69) is 0 Å². The quantitative estimate of drug-likeness (QED) is 0.677. The Balaban J connectivity index is 1.57. The summed E-state index contributed by atoms with van der Waals surface area (Å²) in [4.78, 5) is 42.9. The van der Waals surface area contributed by atoms with Crippen LogP contribution in [0.5, 0.6) is 0 Å². The first-order valence-electron chi connectivity index (χ1n) is 12.0. The summed E-state index contributed by atoms with van der Waals surface area (Å²) in [6.07, 6.45) is 0.834. The SMILES string of the molecule is C[C@H](C(=O)N1C(=O)N(C(=O)[C@@H](C)[C@@H](O)c2ccccc2)[C@@H]2CCCC[C@@H]21)[C@H](O)c1ccccc1. The number of carbonyl (C=O) groups excluding carboxylic acids is 3. The number of aliphatic hydroxyl groups is 2. The van der Waals surface area contributed by atoms with E-state index in [0.717, 1.165) is 12.8 Å². The first-order valence-corrected chi connectivity index (χ1v) is 12.0. The molecule has 0 aromatic heterocycles. The standard InChI is InChI=1S/C27H32N2O5/c1-17(23(30)19-11-5-3-6-12-19)25(32)28-21-15-9-10-16-22(21)29(27(28)34)26(33)18(2)24(31)20-13-7-4-8-14-20/h3-8,11-14,17-18,21-24,30-31H,9-10,15-16H2,1-2H3/t17-,18-,21-,22+,23-,24+/m0/s1. The van der Waals surface area contributed by atoms with Crippen LogP contribution in [0.3, 0.4) is 0 Å². The summed E-state index contributed by atoms with van der Waals surface area (Å²) < 4.78 is 0. The largest absolute Gasteiger partial charge is 0.388 e. The third-order valence-corrected chi connectivity index (χ3v) is 7.25. The Bertz CT molecular complexity index is 946. The van der Waals surface area contributed by atoms with Crippen LogP contribution in [0.1, 0.15) is 62.9 Å². The second-order valence-corrected chi connectivity index (χ2v) is 9.41. The summed E-state index contributed by atoms with van der Waals surface area (Å²) in [6, 6.07) is 16.3. The number of hydrogen-bond donors (Lipinski definition) is 2. The van der Waals surface area contributed by atoms with Gasteiger partial charge in [0, 0.05) is 0 Å². The number of hydrogen-bond acceptors (Lipinski definition) is 5. The molecule has 4 amide bonds. The minimum Gasteiger partial charge on any atom is -0.388 e. The third kappa shape index (κ3) is 4.38. The van der Waals surface area contributed by atoms with Gasteiger partial charge in [0.1, 0.15) is 0 Å². The maximum atomic E-state index is 13.5. The Labute approximate surface area is 200 Å². The number of aliphatic hydroxyl groups excluding tert-OH is 2. The van der Waals surface area contributed by atoms with Crippen molar-refractivity contribution in [2.75, 3.05) is 0 Å². The van der Waals surface area contributed by atoms with Gasteiger partial charge in [-0.25, -0.2) is 4.79 Å². The fourth-order valence-electron chi connectivity index (χ4n) is 5.20. The molecule has 0 spiro atoms. The highest BCUT2D eigenvalue weighted by Crippen LogP contribution is 2.38. The van der Waals surface area contributed by atoms with Gasteiger partial charge in [-0.2, -0.15) is 0 Å². The molecule has 6 atom stereocenters. The average molecular weight is 465 g/mol. The molecule has 4 rings (SSSR count). The fourth-order valence-corrected chi connectivity index (χ4v) is 5.20. The first-order chi connectivity index (χ1) is 16.3. The van der Waals surface area contributed by atoms with Crippen LogP contribution in [0.25, 0.3) is 0 Å². The van der Waals surface area contributed by atoms with Crippen molar-refractivity contribution in [1.29, 1.82) is 0 Å². The van der Waals surface area contributed by atoms with E-state index in [1.165, 1.54) is 9.80 Å². The van der Waals surface area contributed by atoms with E-state index in [4.69, 9.17) is 0 Å². The summed E-state index contributed by atoms with van der Waals surface area (Å²) in [7, 11) is 0. The van der Waals surface area contributed by atoms with Crippen molar-refractivity contribution in [2.24, 2.45) is 11.8 Å². The van der Waals surface area contributed by atoms with E-state index in [-0.39, 0.29) is 0 Å². The minimum absolute atomic E-state index is 0.413. The second-order valence-electron chi connectivity index (χ2n) is 9.41. The lowest BCUT2D eigenvalue weighted by molar-refractivity contribution is -0.137. The lowest BCUT2D eigenvalue weighted by Crippen LogP contribution is -2.45. The molecule has 7 heteroatoms. The van der Waals surface area contributed by atoms with Crippen LogP contribution in [-0.4, -0.2) is 49.9 Å². The van der Waals surface area contributed by atoms with E-state index in [1.807, 2.05) is 12.1 Å². The molecule has 2 aromatic carbocycles. The summed E-state index contributed by atoms with van der Waals surface area (Å²) in [6.45, 7) is 3.22. The van der Waals surface area contributed by atoms with Crippen molar-refractivity contribution >= 4 is 17.8 Å². The molecule has 0 unspecified atom stereocenters. The van der Waals surface area contributed by atoms with Crippen molar-refractivity contribution in [3.63, 3.8) is 0 Å². The van der Waals surface area contributed by atoms with Crippen molar-refractivity contribution in [3.8, 4) is 0 Å². The van der Waals surface area contributed by atoms with Gasteiger partial charge in [0.15, 0.2) is 0 Å². The first kappa shape index (κ1) is 24.1. The average Bonchev–Trinajstić information content (AvgIpc) is 3.18. The van der Waals surface area contributed by atoms with E-state index in [0.29, 0.717) is 24.0 Å². The van der Waals surface area contributed by atoms with Crippen LogP contribution < -0.4 is 0 Å². The summed E-state index contributed by atoms with van der Waals surface area (Å²) in [5.74, 6) is -2.66. The molecule has 2 N–H and O–H groups in total. The molecule has 0 radical (unpaired) electrons. The number of urea groups is 1. The van der Waals surface area contributed by atoms with Gasteiger partial charge in [-0.1, -0.05) is 87.4 Å². The molecule has 34 heavy (non-hydrogen) atoms. The molecule has 0 bridgehead atoms. The van der Waals surface area contributed by atoms with Crippen molar-refractivity contribution in [1.82, 2.24) is 9.80 Å². The number of carbonyl (C=O) groups is 3. The van der Waals surface area contributed by atoms with Gasteiger partial charge in [-0.05, 0) is 24.0 Å². The highest BCUT2D eigenvalue weighted by molar-refractivity contribution is 6.06. The lowest BCUT2D eigenvalue weighted by atomic mass is 9.88. The predicted octanol–water partition coefficient (Wildman–Crippen LogP) is 3.83. The van der Waals surface area contributed by atoms with Gasteiger partial charge >= 0.3 is 6.03 Å². The van der Waals surface area contributed by atoms with Gasteiger partial charge in [-0.15, -0.1) is 0 Å². The molecule has 2 aliphatic rings. The number of nitrogens with zero attached hydrogens (tertiary/aromatic N) is 2. The van der Waals surface area contributed by atoms with Gasteiger partial charge in [0.2, 0.25) is 11.8 Å². The van der Waals surface area contributed by atoms with E-state index < -0.39 is 54.0 Å². The van der Waals surface area contributed by atoms with E-state index >= 15 is 0 Å². The van der Waals surface area contributed by atoms with Crippen LogP contribution in [0.4, 0.5) is 4.79 Å². The van der Waals surface area contributed by atoms with Crippen LogP contribution in [-0.2, 0) is 9.59 Å². The zero-order valence-corrected chi connectivity index (χ0v) is 19.6. The number of fused-ring (bicyclic) bond motifs is 1. The fraction of sp³-hybridized carbons (Fsp3) is 0.444. The molecule has 1 saturated carbocycles. The Morgan fingerprint density at radius 2 is 1.09 bits per heavy atom. The molecule has 2 fully saturated rings. The molecule has 1 heterocycles. The molecule has 7 nitrogen and oxygen atoms in total. The maximum absolute atomic E-state index is 13.5. The van der Waals surface area contributed by atoms with Gasteiger partial charge in [0.05, 0.1) is 36.1 Å². The third-order valence-electron chi connectivity index (χ3n) is 7.25. The monoisotopic (exact) mass is 464 g/mol. The Morgan fingerprint density at radius 1 is 0.735 bits per heavy atom. The maximum Gasteiger partial charge on any atom is 0.334 e. The topological polar surface area (TPSA) is 98.2 Å². The van der Waals surface area contributed by atoms with E-state index in [1.54, 1.807) is 62.4 Å². The normalized spacial score (nSPS) is 23.7. The molecule has 1 saturated heterocycles. The Morgan fingerprint density at radius 3 is 1.44 bits per heavy atom.